The number of aliphatic imine (C=N–C) groups is 1. The molecule has 2 heterocycles. The van der Waals surface area contributed by atoms with Gasteiger partial charge in [0.2, 0.25) is 5.91 Å². The van der Waals surface area contributed by atoms with E-state index in [4.69, 9.17) is 14.5 Å². The first-order valence-corrected chi connectivity index (χ1v) is 11.9. The SMILES string of the molecule is CCNC(=NCc1ccc(OCC)c(OC)c1)N1CCN(C(C)C(=O)N2CCCC2)CC1. The van der Waals surface area contributed by atoms with Crippen LogP contribution in [0.1, 0.15) is 39.2 Å². The summed E-state index contributed by atoms with van der Waals surface area (Å²) in [5.41, 5.74) is 1.07. The molecular formula is C24H39N5O3. The number of methoxy groups -OCH3 is 1. The van der Waals surface area contributed by atoms with Crippen LogP contribution in [0.15, 0.2) is 23.2 Å². The van der Waals surface area contributed by atoms with Gasteiger partial charge in [-0.2, -0.15) is 0 Å². The van der Waals surface area contributed by atoms with E-state index in [1.807, 2.05) is 30.0 Å². The lowest BCUT2D eigenvalue weighted by molar-refractivity contribution is -0.135. The van der Waals surface area contributed by atoms with Crippen molar-refractivity contribution in [2.45, 2.75) is 46.2 Å². The third-order valence-corrected chi connectivity index (χ3v) is 6.21. The van der Waals surface area contributed by atoms with E-state index in [1.54, 1.807) is 7.11 Å². The van der Waals surface area contributed by atoms with Crippen LogP contribution in [0.25, 0.3) is 0 Å². The molecule has 8 nitrogen and oxygen atoms in total. The van der Waals surface area contributed by atoms with Crippen LogP contribution in [0.5, 0.6) is 11.5 Å². The normalized spacial score (nSPS) is 18.6. The van der Waals surface area contributed by atoms with Gasteiger partial charge in [0.15, 0.2) is 17.5 Å². The fraction of sp³-hybridized carbons (Fsp3) is 0.667. The molecule has 1 unspecified atom stereocenters. The van der Waals surface area contributed by atoms with Crippen LogP contribution in [0, 0.1) is 0 Å². The first-order chi connectivity index (χ1) is 15.6. The Bertz CT molecular complexity index is 771. The standard InChI is InChI=1S/C24H39N5O3/c1-5-25-24(26-18-20-9-10-21(32-6-2)22(17-20)31-4)29-15-13-27(14-16-29)19(3)23(30)28-11-7-8-12-28/h9-10,17,19H,5-8,11-16,18H2,1-4H3,(H,25,26). The second-order valence-electron chi connectivity index (χ2n) is 8.32. The van der Waals surface area contributed by atoms with Gasteiger partial charge < -0.3 is 24.6 Å². The van der Waals surface area contributed by atoms with E-state index < -0.39 is 0 Å². The quantitative estimate of drug-likeness (QED) is 0.489. The monoisotopic (exact) mass is 445 g/mol. The molecule has 2 aliphatic heterocycles. The van der Waals surface area contributed by atoms with Crippen molar-refractivity contribution < 1.29 is 14.3 Å². The molecular weight excluding hydrogens is 406 g/mol. The summed E-state index contributed by atoms with van der Waals surface area (Å²) in [6.07, 6.45) is 2.27. The number of benzene rings is 1. The Labute approximate surface area is 192 Å². The lowest BCUT2D eigenvalue weighted by Gasteiger charge is -2.39. The predicted molar refractivity (Wildman–Crippen MR) is 127 cm³/mol. The average Bonchev–Trinajstić information content (AvgIpc) is 3.37. The zero-order chi connectivity index (χ0) is 22.9. The molecule has 0 spiro atoms. The molecule has 0 saturated carbocycles. The first-order valence-electron chi connectivity index (χ1n) is 11.9. The van der Waals surface area contributed by atoms with E-state index in [-0.39, 0.29) is 11.9 Å². The molecule has 2 saturated heterocycles. The van der Waals surface area contributed by atoms with Gasteiger partial charge in [-0.1, -0.05) is 6.07 Å². The third kappa shape index (κ3) is 6.06. The molecule has 1 amide bonds. The number of hydrogen-bond donors (Lipinski definition) is 1. The van der Waals surface area contributed by atoms with Crippen molar-refractivity contribution in [2.24, 2.45) is 4.99 Å². The van der Waals surface area contributed by atoms with Gasteiger partial charge in [-0.15, -0.1) is 0 Å². The molecule has 1 aromatic rings. The van der Waals surface area contributed by atoms with Crippen molar-refractivity contribution in [2.75, 3.05) is 59.5 Å². The third-order valence-electron chi connectivity index (χ3n) is 6.21. The van der Waals surface area contributed by atoms with Gasteiger partial charge in [0.25, 0.3) is 0 Å². The minimum atomic E-state index is -0.0499. The molecule has 2 aliphatic rings. The van der Waals surface area contributed by atoms with E-state index >= 15 is 0 Å². The number of carbonyl (C=O) groups is 1. The number of ether oxygens (including phenoxy) is 2. The minimum absolute atomic E-state index is 0.0499. The maximum Gasteiger partial charge on any atom is 0.239 e. The Hall–Kier alpha value is -2.48. The summed E-state index contributed by atoms with van der Waals surface area (Å²) in [4.78, 5) is 24.2. The van der Waals surface area contributed by atoms with E-state index in [1.165, 1.54) is 0 Å². The van der Waals surface area contributed by atoms with Gasteiger partial charge in [-0.25, -0.2) is 4.99 Å². The lowest BCUT2D eigenvalue weighted by atomic mass is 10.2. The number of nitrogens with zero attached hydrogens (tertiary/aromatic N) is 4. The number of amides is 1. The Kier molecular flexibility index (Phi) is 9.02. The molecule has 0 aliphatic carbocycles. The van der Waals surface area contributed by atoms with Crippen LogP contribution in [-0.4, -0.2) is 92.1 Å². The highest BCUT2D eigenvalue weighted by Gasteiger charge is 2.30. The first kappa shape index (κ1) is 24.2. The molecule has 2 fully saturated rings. The summed E-state index contributed by atoms with van der Waals surface area (Å²) < 4.78 is 11.1. The topological polar surface area (TPSA) is 69.6 Å². The van der Waals surface area contributed by atoms with Crippen LogP contribution in [0.4, 0.5) is 0 Å². The van der Waals surface area contributed by atoms with Crippen molar-refractivity contribution in [1.29, 1.82) is 0 Å². The molecule has 3 rings (SSSR count). The fourth-order valence-corrected chi connectivity index (χ4v) is 4.36. The van der Waals surface area contributed by atoms with E-state index in [9.17, 15) is 4.79 Å². The Morgan fingerprint density at radius 3 is 2.41 bits per heavy atom. The summed E-state index contributed by atoms with van der Waals surface area (Å²) in [6.45, 7) is 13.3. The van der Waals surface area contributed by atoms with Crippen molar-refractivity contribution in [3.05, 3.63) is 23.8 Å². The highest BCUT2D eigenvalue weighted by molar-refractivity contribution is 5.82. The van der Waals surface area contributed by atoms with E-state index in [2.05, 4.69) is 29.0 Å². The van der Waals surface area contributed by atoms with Crippen molar-refractivity contribution in [3.8, 4) is 11.5 Å². The van der Waals surface area contributed by atoms with Crippen LogP contribution in [-0.2, 0) is 11.3 Å². The molecule has 0 aromatic heterocycles. The van der Waals surface area contributed by atoms with Gasteiger partial charge in [-0.05, 0) is 51.3 Å². The average molecular weight is 446 g/mol. The molecule has 8 heteroatoms. The number of carbonyl (C=O) groups excluding carboxylic acids is 1. The molecule has 1 atom stereocenters. The van der Waals surface area contributed by atoms with Crippen LogP contribution < -0.4 is 14.8 Å². The molecule has 0 radical (unpaired) electrons. The highest BCUT2D eigenvalue weighted by Crippen LogP contribution is 2.28. The smallest absolute Gasteiger partial charge is 0.239 e. The predicted octanol–water partition coefficient (Wildman–Crippen LogP) is 2.19. The molecule has 178 valence electrons. The van der Waals surface area contributed by atoms with Crippen molar-refractivity contribution in [1.82, 2.24) is 20.0 Å². The number of rotatable bonds is 8. The van der Waals surface area contributed by atoms with Crippen LogP contribution in [0.2, 0.25) is 0 Å². The summed E-state index contributed by atoms with van der Waals surface area (Å²) in [7, 11) is 1.66. The maximum atomic E-state index is 12.8. The maximum absolute atomic E-state index is 12.8. The number of likely N-dealkylation sites (tertiary alicyclic amines) is 1. The van der Waals surface area contributed by atoms with E-state index in [0.29, 0.717) is 13.2 Å². The van der Waals surface area contributed by atoms with Gasteiger partial charge >= 0.3 is 0 Å². The number of guanidine groups is 1. The van der Waals surface area contributed by atoms with Gasteiger partial charge in [0.05, 0.1) is 26.3 Å². The Morgan fingerprint density at radius 1 is 1.06 bits per heavy atom. The summed E-state index contributed by atoms with van der Waals surface area (Å²) in [5.74, 6) is 2.68. The minimum Gasteiger partial charge on any atom is -0.493 e. The fourth-order valence-electron chi connectivity index (χ4n) is 4.36. The van der Waals surface area contributed by atoms with Crippen molar-refractivity contribution in [3.63, 3.8) is 0 Å². The largest absolute Gasteiger partial charge is 0.493 e. The van der Waals surface area contributed by atoms with Gasteiger partial charge in [0, 0.05) is 45.8 Å². The highest BCUT2D eigenvalue weighted by atomic mass is 16.5. The Balaban J connectivity index is 1.59. The van der Waals surface area contributed by atoms with Gasteiger partial charge in [-0.3, -0.25) is 9.69 Å². The zero-order valence-corrected chi connectivity index (χ0v) is 20.1. The summed E-state index contributed by atoms with van der Waals surface area (Å²) in [6, 6.07) is 5.91. The summed E-state index contributed by atoms with van der Waals surface area (Å²) in [5, 5.41) is 3.42. The van der Waals surface area contributed by atoms with Crippen LogP contribution in [0.3, 0.4) is 0 Å². The number of nitrogens with one attached hydrogen (secondary N) is 1. The second kappa shape index (κ2) is 11.9. The molecule has 1 N–H and O–H groups in total. The van der Waals surface area contributed by atoms with Gasteiger partial charge in [0.1, 0.15) is 0 Å². The Morgan fingerprint density at radius 2 is 1.78 bits per heavy atom. The second-order valence-corrected chi connectivity index (χ2v) is 8.32. The number of hydrogen-bond acceptors (Lipinski definition) is 5. The zero-order valence-electron chi connectivity index (χ0n) is 20.1. The van der Waals surface area contributed by atoms with E-state index in [0.717, 1.165) is 81.7 Å². The molecule has 1 aromatic carbocycles. The summed E-state index contributed by atoms with van der Waals surface area (Å²) >= 11 is 0. The molecule has 32 heavy (non-hydrogen) atoms. The molecule has 0 bridgehead atoms. The lowest BCUT2D eigenvalue weighted by Crippen LogP contribution is -2.57. The number of piperazine rings is 1. The van der Waals surface area contributed by atoms with Crippen molar-refractivity contribution >= 4 is 11.9 Å². The van der Waals surface area contributed by atoms with Crippen LogP contribution >= 0.6 is 0 Å².